The predicted octanol–water partition coefficient (Wildman–Crippen LogP) is 7.72. The maximum atomic E-state index is 10.1. The molecule has 3 rings (SSSR count). The van der Waals surface area contributed by atoms with Crippen molar-refractivity contribution in [1.29, 1.82) is 0 Å². The van der Waals surface area contributed by atoms with E-state index in [4.69, 9.17) is 0 Å². The molecule has 3 aliphatic rings. The summed E-state index contributed by atoms with van der Waals surface area (Å²) < 4.78 is 0. The molecule has 0 aromatic rings. The lowest BCUT2D eigenvalue weighted by atomic mass is 9.61. The largest absolute Gasteiger partial charge is 0.393 e. The van der Waals surface area contributed by atoms with E-state index in [9.17, 15) is 5.11 Å². The Balaban J connectivity index is 1.68. The van der Waals surface area contributed by atoms with Crippen molar-refractivity contribution in [2.45, 2.75) is 98.5 Å². The van der Waals surface area contributed by atoms with E-state index in [1.54, 1.807) is 5.57 Å². The van der Waals surface area contributed by atoms with Gasteiger partial charge in [-0.2, -0.15) is 0 Å². The molecule has 0 spiro atoms. The molecule has 0 amide bonds. The topological polar surface area (TPSA) is 20.2 Å². The first-order valence-electron chi connectivity index (χ1n) is 12.4. The van der Waals surface area contributed by atoms with Gasteiger partial charge in [-0.25, -0.2) is 0 Å². The molecular formula is C28H46O. The van der Waals surface area contributed by atoms with Gasteiger partial charge in [0.2, 0.25) is 0 Å². The number of rotatable bonds is 6. The van der Waals surface area contributed by atoms with Crippen LogP contribution in [0.2, 0.25) is 0 Å². The zero-order chi connectivity index (χ0) is 21.2. The fourth-order valence-corrected chi connectivity index (χ4v) is 6.62. The van der Waals surface area contributed by atoms with Gasteiger partial charge in [0.25, 0.3) is 0 Å². The second-order valence-corrected chi connectivity index (χ2v) is 11.2. The van der Waals surface area contributed by atoms with Crippen LogP contribution in [-0.2, 0) is 0 Å². The van der Waals surface area contributed by atoms with Crippen molar-refractivity contribution < 1.29 is 5.11 Å². The van der Waals surface area contributed by atoms with Crippen LogP contribution in [0, 0.1) is 40.9 Å². The lowest BCUT2D eigenvalue weighted by Gasteiger charge is -2.44. The minimum Gasteiger partial charge on any atom is -0.393 e. The van der Waals surface area contributed by atoms with Gasteiger partial charge >= 0.3 is 0 Å². The number of aliphatic hydroxyl groups excluding tert-OH is 1. The summed E-state index contributed by atoms with van der Waals surface area (Å²) >= 11 is 0. The number of fused-ring (bicyclic) bond motifs is 1. The number of aliphatic hydroxyl groups is 1. The maximum Gasteiger partial charge on any atom is 0.0549 e. The first-order chi connectivity index (χ1) is 13.7. The zero-order valence-electron chi connectivity index (χ0n) is 19.8. The third-order valence-corrected chi connectivity index (χ3v) is 9.04. The molecule has 0 aromatic carbocycles. The van der Waals surface area contributed by atoms with E-state index in [0.29, 0.717) is 23.2 Å². The summed E-state index contributed by atoms with van der Waals surface area (Å²) in [5.74, 6) is 4.17. The van der Waals surface area contributed by atoms with Crippen LogP contribution >= 0.6 is 0 Å². The van der Waals surface area contributed by atoms with E-state index in [2.05, 4.69) is 59.4 Å². The Hall–Kier alpha value is -0.820. The summed E-state index contributed by atoms with van der Waals surface area (Å²) in [5, 5.41) is 10.1. The summed E-state index contributed by atoms with van der Waals surface area (Å²) in [6.45, 7) is 16.4. The average Bonchev–Trinajstić information content (AvgIpc) is 3.04. The van der Waals surface area contributed by atoms with Crippen molar-refractivity contribution in [2.24, 2.45) is 40.9 Å². The molecule has 1 unspecified atom stereocenters. The van der Waals surface area contributed by atoms with Crippen LogP contribution in [0.3, 0.4) is 0 Å². The van der Waals surface area contributed by atoms with Crippen LogP contribution in [0.15, 0.2) is 36.0 Å². The van der Waals surface area contributed by atoms with E-state index in [1.807, 2.05) is 0 Å². The molecule has 0 saturated heterocycles. The highest BCUT2D eigenvalue weighted by atomic mass is 16.3. The fourth-order valence-electron chi connectivity index (χ4n) is 6.62. The van der Waals surface area contributed by atoms with Crippen LogP contribution in [0.4, 0.5) is 0 Å². The third-order valence-electron chi connectivity index (χ3n) is 9.04. The highest BCUT2D eigenvalue weighted by Gasteiger charge is 2.50. The Labute approximate surface area is 180 Å². The summed E-state index contributed by atoms with van der Waals surface area (Å²) in [4.78, 5) is 0. The van der Waals surface area contributed by atoms with Gasteiger partial charge in [0, 0.05) is 0 Å². The van der Waals surface area contributed by atoms with E-state index >= 15 is 0 Å². The predicted molar refractivity (Wildman–Crippen MR) is 126 cm³/mol. The lowest BCUT2D eigenvalue weighted by molar-refractivity contribution is 0.110. The standard InChI is InChI=1S/C28H46O/c1-19(2)20(3)9-10-22(5)26-15-16-27-23(8-7-17-28(26,27)6)12-13-24-18-25(29)14-11-21(24)4/h9-10,12,19-20,22,24-27,29H,4,7-8,11,13-18H2,1-3,5-6H3/t20-,22+,24?,25-,26+,27-,28+/m0/s1. The lowest BCUT2D eigenvalue weighted by Crippen LogP contribution is -2.35. The second kappa shape index (κ2) is 9.54. The molecule has 0 aromatic heterocycles. The average molecular weight is 399 g/mol. The monoisotopic (exact) mass is 398 g/mol. The highest BCUT2D eigenvalue weighted by Crippen LogP contribution is 2.59. The summed E-state index contributed by atoms with van der Waals surface area (Å²) in [7, 11) is 0. The highest BCUT2D eigenvalue weighted by molar-refractivity contribution is 5.21. The van der Waals surface area contributed by atoms with Gasteiger partial charge in [-0.15, -0.1) is 0 Å². The van der Waals surface area contributed by atoms with Crippen molar-refractivity contribution in [3.8, 4) is 0 Å². The number of hydrogen-bond acceptors (Lipinski definition) is 1. The van der Waals surface area contributed by atoms with Gasteiger partial charge in [0.15, 0.2) is 0 Å². The van der Waals surface area contributed by atoms with Gasteiger partial charge in [0.1, 0.15) is 0 Å². The van der Waals surface area contributed by atoms with Crippen molar-refractivity contribution in [3.05, 3.63) is 36.0 Å². The molecule has 0 aliphatic heterocycles. The summed E-state index contributed by atoms with van der Waals surface area (Å²) in [6.07, 6.45) is 18.2. The normalized spacial score (nSPS) is 39.3. The van der Waals surface area contributed by atoms with Crippen LogP contribution in [-0.4, -0.2) is 11.2 Å². The van der Waals surface area contributed by atoms with E-state index in [0.717, 1.165) is 43.4 Å². The zero-order valence-corrected chi connectivity index (χ0v) is 19.8. The minimum atomic E-state index is -0.114. The first-order valence-corrected chi connectivity index (χ1v) is 12.4. The van der Waals surface area contributed by atoms with Crippen molar-refractivity contribution in [3.63, 3.8) is 0 Å². The van der Waals surface area contributed by atoms with E-state index in [1.165, 1.54) is 37.7 Å². The second-order valence-electron chi connectivity index (χ2n) is 11.2. The Kier molecular flexibility index (Phi) is 7.52. The molecule has 3 aliphatic carbocycles. The van der Waals surface area contributed by atoms with Crippen LogP contribution in [0.5, 0.6) is 0 Å². The Morgan fingerprint density at radius 3 is 2.59 bits per heavy atom. The number of hydrogen-bond donors (Lipinski definition) is 1. The Morgan fingerprint density at radius 2 is 1.86 bits per heavy atom. The molecule has 0 radical (unpaired) electrons. The molecule has 1 heteroatoms. The molecule has 1 nitrogen and oxygen atoms in total. The third kappa shape index (κ3) is 5.09. The molecule has 29 heavy (non-hydrogen) atoms. The molecule has 164 valence electrons. The van der Waals surface area contributed by atoms with E-state index < -0.39 is 0 Å². The Morgan fingerprint density at radius 1 is 1.10 bits per heavy atom. The molecular weight excluding hydrogens is 352 g/mol. The molecule has 3 saturated carbocycles. The Bertz CT molecular complexity index is 626. The molecule has 1 N–H and O–H groups in total. The van der Waals surface area contributed by atoms with E-state index in [-0.39, 0.29) is 6.10 Å². The van der Waals surface area contributed by atoms with Gasteiger partial charge in [-0.05, 0) is 98.7 Å². The van der Waals surface area contributed by atoms with Gasteiger partial charge in [-0.1, -0.05) is 70.6 Å². The number of allylic oxidation sites excluding steroid dienone is 5. The van der Waals surface area contributed by atoms with Gasteiger partial charge in [0.05, 0.1) is 6.10 Å². The van der Waals surface area contributed by atoms with Crippen molar-refractivity contribution >= 4 is 0 Å². The molecule has 0 heterocycles. The molecule has 0 bridgehead atoms. The van der Waals surface area contributed by atoms with Gasteiger partial charge < -0.3 is 5.11 Å². The smallest absolute Gasteiger partial charge is 0.0549 e. The maximum absolute atomic E-state index is 10.1. The van der Waals surface area contributed by atoms with Crippen LogP contribution in [0.1, 0.15) is 92.4 Å². The molecule has 3 fully saturated rings. The first kappa shape index (κ1) is 22.9. The molecule has 7 atom stereocenters. The minimum absolute atomic E-state index is 0.114. The van der Waals surface area contributed by atoms with Crippen LogP contribution < -0.4 is 0 Å². The fraction of sp³-hybridized carbons (Fsp3) is 0.786. The van der Waals surface area contributed by atoms with Crippen LogP contribution in [0.25, 0.3) is 0 Å². The summed E-state index contributed by atoms with van der Waals surface area (Å²) in [5.41, 5.74) is 3.58. The van der Waals surface area contributed by atoms with Crippen molar-refractivity contribution in [2.75, 3.05) is 0 Å². The SMILES string of the molecule is C=C1CC[C@H](O)CC1CC=C1CCC[C@]2(C)[C@@H]([C@H](C)C=C[C@H](C)C(C)C)CC[C@@H]12. The van der Waals surface area contributed by atoms with Crippen molar-refractivity contribution in [1.82, 2.24) is 0 Å². The summed E-state index contributed by atoms with van der Waals surface area (Å²) in [6, 6.07) is 0. The quantitative estimate of drug-likeness (QED) is 0.454. The van der Waals surface area contributed by atoms with Gasteiger partial charge in [-0.3, -0.25) is 0 Å².